The summed E-state index contributed by atoms with van der Waals surface area (Å²) in [4.78, 5) is 25.5. The number of hydrogen-bond donors (Lipinski definition) is 1. The highest BCUT2D eigenvalue weighted by Crippen LogP contribution is 2.36. The van der Waals surface area contributed by atoms with Crippen LogP contribution in [-0.4, -0.2) is 35.0 Å². The third-order valence-corrected chi connectivity index (χ3v) is 4.55. The van der Waals surface area contributed by atoms with Crippen LogP contribution in [-0.2, 0) is 9.59 Å². The first-order valence-corrected chi connectivity index (χ1v) is 7.62. The lowest BCUT2D eigenvalue weighted by Gasteiger charge is -2.36. The Hall–Kier alpha value is -1.84. The Labute approximate surface area is 124 Å². The Balaban J connectivity index is 1.82. The van der Waals surface area contributed by atoms with E-state index in [1.807, 2.05) is 25.1 Å². The van der Waals surface area contributed by atoms with E-state index in [-0.39, 0.29) is 17.7 Å². The van der Waals surface area contributed by atoms with Gasteiger partial charge in [0.25, 0.3) is 0 Å². The van der Waals surface area contributed by atoms with Crippen molar-refractivity contribution < 1.29 is 14.7 Å². The van der Waals surface area contributed by atoms with Gasteiger partial charge in [0.05, 0.1) is 5.92 Å². The van der Waals surface area contributed by atoms with Gasteiger partial charge in [0.2, 0.25) is 5.91 Å². The van der Waals surface area contributed by atoms with Crippen molar-refractivity contribution in [1.29, 1.82) is 0 Å². The number of hydrogen-bond acceptors (Lipinski definition) is 2. The standard InChI is InChI=1S/C17H21NO3/c1-11-3-2-4-13(7-11)14-8-15(17(20)21)10-18(9-14)16(19)12-5-6-12/h2-4,7,12,14-15H,5-6,8-10H2,1H3,(H,20,21). The van der Waals surface area contributed by atoms with Crippen molar-refractivity contribution in [3.8, 4) is 0 Å². The lowest BCUT2D eigenvalue weighted by atomic mass is 9.84. The number of aryl methyl sites for hydroxylation is 1. The molecule has 1 saturated heterocycles. The summed E-state index contributed by atoms with van der Waals surface area (Å²) in [7, 11) is 0. The first-order valence-electron chi connectivity index (χ1n) is 7.62. The van der Waals surface area contributed by atoms with Gasteiger partial charge in [-0.05, 0) is 31.7 Å². The second-order valence-electron chi connectivity index (χ2n) is 6.40. The van der Waals surface area contributed by atoms with E-state index in [0.717, 1.165) is 18.4 Å². The molecule has 3 rings (SSSR count). The predicted octanol–water partition coefficient (Wildman–Crippen LogP) is 2.42. The highest BCUT2D eigenvalue weighted by Gasteiger charge is 2.39. The number of carboxylic acids is 1. The van der Waals surface area contributed by atoms with Crippen molar-refractivity contribution in [2.24, 2.45) is 11.8 Å². The van der Waals surface area contributed by atoms with E-state index in [1.165, 1.54) is 5.56 Å². The van der Waals surface area contributed by atoms with Gasteiger partial charge in [0.1, 0.15) is 0 Å². The molecule has 1 amide bonds. The minimum absolute atomic E-state index is 0.127. The second-order valence-corrected chi connectivity index (χ2v) is 6.40. The molecule has 2 aliphatic rings. The van der Waals surface area contributed by atoms with E-state index in [4.69, 9.17) is 0 Å². The third-order valence-electron chi connectivity index (χ3n) is 4.55. The van der Waals surface area contributed by atoms with Gasteiger partial charge in [-0.1, -0.05) is 29.8 Å². The summed E-state index contributed by atoms with van der Waals surface area (Å²) in [6.07, 6.45) is 2.54. The largest absolute Gasteiger partial charge is 0.481 e. The van der Waals surface area contributed by atoms with Crippen LogP contribution in [0, 0.1) is 18.8 Å². The highest BCUT2D eigenvalue weighted by atomic mass is 16.4. The maximum absolute atomic E-state index is 12.3. The summed E-state index contributed by atoms with van der Waals surface area (Å²) < 4.78 is 0. The molecular formula is C17H21NO3. The molecule has 0 bridgehead atoms. The molecule has 0 spiro atoms. The van der Waals surface area contributed by atoms with Crippen molar-refractivity contribution in [2.45, 2.75) is 32.1 Å². The van der Waals surface area contributed by atoms with Crippen LogP contribution in [0.15, 0.2) is 24.3 Å². The van der Waals surface area contributed by atoms with Crippen LogP contribution in [0.3, 0.4) is 0 Å². The predicted molar refractivity (Wildman–Crippen MR) is 79.0 cm³/mol. The van der Waals surface area contributed by atoms with Gasteiger partial charge in [-0.15, -0.1) is 0 Å². The molecule has 1 saturated carbocycles. The molecule has 1 aliphatic carbocycles. The molecule has 2 atom stereocenters. The van der Waals surface area contributed by atoms with Gasteiger partial charge in [0, 0.05) is 24.9 Å². The fourth-order valence-electron chi connectivity index (χ4n) is 3.21. The van der Waals surface area contributed by atoms with Gasteiger partial charge in [-0.2, -0.15) is 0 Å². The van der Waals surface area contributed by atoms with Crippen LogP contribution in [0.4, 0.5) is 0 Å². The van der Waals surface area contributed by atoms with Crippen LogP contribution < -0.4 is 0 Å². The molecule has 2 fully saturated rings. The summed E-state index contributed by atoms with van der Waals surface area (Å²) >= 11 is 0. The molecule has 21 heavy (non-hydrogen) atoms. The molecule has 4 nitrogen and oxygen atoms in total. The molecule has 112 valence electrons. The average Bonchev–Trinajstić information content (AvgIpc) is 3.30. The quantitative estimate of drug-likeness (QED) is 0.929. The Morgan fingerprint density at radius 1 is 1.19 bits per heavy atom. The number of carbonyl (C=O) groups is 2. The Kier molecular flexibility index (Phi) is 3.70. The number of carbonyl (C=O) groups excluding carboxylic acids is 1. The van der Waals surface area contributed by atoms with Crippen LogP contribution in [0.5, 0.6) is 0 Å². The van der Waals surface area contributed by atoms with Crippen molar-refractivity contribution in [2.75, 3.05) is 13.1 Å². The summed E-state index contributed by atoms with van der Waals surface area (Å²) in [5.74, 6) is -0.815. The number of benzene rings is 1. The van der Waals surface area contributed by atoms with Gasteiger partial charge >= 0.3 is 5.97 Å². The Bertz CT molecular complexity index is 565. The molecule has 4 heteroatoms. The normalized spacial score (nSPS) is 25.7. The van der Waals surface area contributed by atoms with E-state index in [2.05, 4.69) is 6.07 Å². The molecule has 0 radical (unpaired) electrons. The number of carboxylic acid groups (broad SMARTS) is 1. The van der Waals surface area contributed by atoms with Crippen LogP contribution in [0.1, 0.15) is 36.3 Å². The number of likely N-dealkylation sites (tertiary alicyclic amines) is 1. The fourth-order valence-corrected chi connectivity index (χ4v) is 3.21. The smallest absolute Gasteiger partial charge is 0.308 e. The van der Waals surface area contributed by atoms with Crippen molar-refractivity contribution in [1.82, 2.24) is 4.90 Å². The SMILES string of the molecule is Cc1cccc(C2CC(C(=O)O)CN(C(=O)C3CC3)C2)c1. The van der Waals surface area contributed by atoms with Crippen molar-refractivity contribution >= 4 is 11.9 Å². The molecule has 1 heterocycles. The number of rotatable bonds is 3. The number of aliphatic carboxylic acids is 1. The highest BCUT2D eigenvalue weighted by molar-refractivity contribution is 5.82. The minimum Gasteiger partial charge on any atom is -0.481 e. The van der Waals surface area contributed by atoms with Crippen LogP contribution >= 0.6 is 0 Å². The lowest BCUT2D eigenvalue weighted by molar-refractivity contribution is -0.146. The molecule has 1 aromatic rings. The maximum atomic E-state index is 12.3. The summed E-state index contributed by atoms with van der Waals surface area (Å²) in [5.41, 5.74) is 2.32. The van der Waals surface area contributed by atoms with Gasteiger partial charge in [-0.25, -0.2) is 0 Å². The molecule has 1 N–H and O–H groups in total. The number of nitrogens with zero attached hydrogens (tertiary/aromatic N) is 1. The van der Waals surface area contributed by atoms with Gasteiger partial charge in [-0.3, -0.25) is 9.59 Å². The van der Waals surface area contributed by atoms with E-state index in [1.54, 1.807) is 4.90 Å². The zero-order valence-electron chi connectivity index (χ0n) is 12.3. The Morgan fingerprint density at radius 2 is 1.95 bits per heavy atom. The van der Waals surface area contributed by atoms with E-state index in [9.17, 15) is 14.7 Å². The molecule has 1 aliphatic heterocycles. The molecule has 1 aromatic carbocycles. The monoisotopic (exact) mass is 287 g/mol. The van der Waals surface area contributed by atoms with Crippen molar-refractivity contribution in [3.05, 3.63) is 35.4 Å². The number of piperidine rings is 1. The zero-order valence-corrected chi connectivity index (χ0v) is 12.3. The van der Waals surface area contributed by atoms with E-state index < -0.39 is 11.9 Å². The first-order chi connectivity index (χ1) is 10.0. The van der Waals surface area contributed by atoms with Crippen LogP contribution in [0.2, 0.25) is 0 Å². The Morgan fingerprint density at radius 3 is 2.57 bits per heavy atom. The topological polar surface area (TPSA) is 57.6 Å². The summed E-state index contributed by atoms with van der Waals surface area (Å²) in [6.45, 7) is 3.06. The lowest BCUT2D eigenvalue weighted by Crippen LogP contribution is -2.46. The maximum Gasteiger partial charge on any atom is 0.308 e. The van der Waals surface area contributed by atoms with Gasteiger partial charge < -0.3 is 10.0 Å². The molecule has 0 aromatic heterocycles. The molecule has 2 unspecified atom stereocenters. The van der Waals surface area contributed by atoms with Crippen molar-refractivity contribution in [3.63, 3.8) is 0 Å². The van der Waals surface area contributed by atoms with E-state index in [0.29, 0.717) is 19.5 Å². The van der Waals surface area contributed by atoms with E-state index >= 15 is 0 Å². The molecular weight excluding hydrogens is 266 g/mol. The van der Waals surface area contributed by atoms with Crippen LogP contribution in [0.25, 0.3) is 0 Å². The van der Waals surface area contributed by atoms with Gasteiger partial charge in [0.15, 0.2) is 0 Å². The second kappa shape index (κ2) is 5.51. The summed E-state index contributed by atoms with van der Waals surface area (Å²) in [6, 6.07) is 8.19. The third kappa shape index (κ3) is 3.09. The average molecular weight is 287 g/mol. The summed E-state index contributed by atoms with van der Waals surface area (Å²) in [5, 5.41) is 9.37. The number of amides is 1. The zero-order chi connectivity index (χ0) is 15.0. The minimum atomic E-state index is -0.791. The first kappa shape index (κ1) is 14.1. The fraction of sp³-hybridized carbons (Fsp3) is 0.529.